The first-order chi connectivity index (χ1) is 10.1. The number of rotatable bonds is 6. The quantitative estimate of drug-likeness (QED) is 0.650. The van der Waals surface area contributed by atoms with Crippen LogP contribution in [0.5, 0.6) is 5.75 Å². The van der Waals surface area contributed by atoms with Crippen molar-refractivity contribution in [2.75, 3.05) is 7.11 Å². The highest BCUT2D eigenvalue weighted by Gasteiger charge is 2.05. The lowest BCUT2D eigenvalue weighted by molar-refractivity contribution is -0.131. The van der Waals surface area contributed by atoms with Crippen molar-refractivity contribution in [2.24, 2.45) is 0 Å². The van der Waals surface area contributed by atoms with Gasteiger partial charge < -0.3 is 9.84 Å². The number of aliphatic carboxylic acids is 1. The highest BCUT2D eigenvalue weighted by Crippen LogP contribution is 2.27. The van der Waals surface area contributed by atoms with E-state index in [9.17, 15) is 4.79 Å². The van der Waals surface area contributed by atoms with Crippen LogP contribution in [0.3, 0.4) is 0 Å². The van der Waals surface area contributed by atoms with Crippen LogP contribution in [0.1, 0.15) is 17.0 Å². The molecule has 7 heteroatoms. The van der Waals surface area contributed by atoms with Crippen molar-refractivity contribution in [3.05, 3.63) is 41.2 Å². The van der Waals surface area contributed by atoms with E-state index in [1.807, 2.05) is 25.1 Å². The second-order valence-corrected chi connectivity index (χ2v) is 6.12. The third-order valence-electron chi connectivity index (χ3n) is 2.57. The summed E-state index contributed by atoms with van der Waals surface area (Å²) in [5.74, 6) is 1.18. The molecule has 0 aliphatic heterocycles. The number of aryl methyl sites for hydroxylation is 1. The SMILES string of the molecule is COc1ccc(CSc2nc(C)ns2)cc1/C=C/C(=O)O. The average molecular weight is 322 g/mol. The number of ether oxygens (including phenoxy) is 1. The minimum Gasteiger partial charge on any atom is -0.496 e. The molecule has 1 aromatic carbocycles. The fraction of sp³-hybridized carbons (Fsp3) is 0.214. The molecule has 0 atom stereocenters. The minimum atomic E-state index is -0.985. The van der Waals surface area contributed by atoms with Gasteiger partial charge in [0.05, 0.1) is 7.11 Å². The molecule has 5 nitrogen and oxygen atoms in total. The number of hydrogen-bond donors (Lipinski definition) is 1. The Morgan fingerprint density at radius 2 is 2.33 bits per heavy atom. The van der Waals surface area contributed by atoms with Gasteiger partial charge in [0.2, 0.25) is 0 Å². The first-order valence-electron chi connectivity index (χ1n) is 6.09. The number of carboxylic acid groups (broad SMARTS) is 1. The number of carbonyl (C=O) groups is 1. The Morgan fingerprint density at radius 1 is 1.52 bits per heavy atom. The molecule has 110 valence electrons. The number of carboxylic acids is 1. The van der Waals surface area contributed by atoms with Gasteiger partial charge in [-0.2, -0.15) is 4.37 Å². The van der Waals surface area contributed by atoms with Crippen LogP contribution in [0.2, 0.25) is 0 Å². The van der Waals surface area contributed by atoms with Crippen molar-refractivity contribution < 1.29 is 14.6 Å². The van der Waals surface area contributed by atoms with Gasteiger partial charge in [-0.15, -0.1) is 0 Å². The second-order valence-electron chi connectivity index (χ2n) is 4.14. The van der Waals surface area contributed by atoms with Crippen LogP contribution >= 0.6 is 23.3 Å². The molecule has 0 saturated carbocycles. The molecule has 0 spiro atoms. The smallest absolute Gasteiger partial charge is 0.328 e. The van der Waals surface area contributed by atoms with E-state index in [0.717, 1.165) is 33.1 Å². The summed E-state index contributed by atoms with van der Waals surface area (Å²) in [4.78, 5) is 14.9. The summed E-state index contributed by atoms with van der Waals surface area (Å²) in [5.41, 5.74) is 1.81. The molecule has 0 radical (unpaired) electrons. The van der Waals surface area contributed by atoms with Gasteiger partial charge >= 0.3 is 5.97 Å². The van der Waals surface area contributed by atoms with Gasteiger partial charge in [0.15, 0.2) is 4.34 Å². The summed E-state index contributed by atoms with van der Waals surface area (Å²) < 4.78 is 10.3. The molecule has 21 heavy (non-hydrogen) atoms. The summed E-state index contributed by atoms with van der Waals surface area (Å²) in [6.45, 7) is 1.86. The van der Waals surface area contributed by atoms with Gasteiger partial charge in [0, 0.05) is 17.4 Å². The van der Waals surface area contributed by atoms with Crippen LogP contribution in [0.4, 0.5) is 0 Å². The summed E-state index contributed by atoms with van der Waals surface area (Å²) in [5, 5.41) is 8.72. The van der Waals surface area contributed by atoms with E-state index in [1.54, 1.807) is 18.9 Å². The molecule has 0 bridgehead atoms. The Bertz CT molecular complexity index is 668. The van der Waals surface area contributed by atoms with E-state index in [1.165, 1.54) is 17.6 Å². The lowest BCUT2D eigenvalue weighted by Crippen LogP contribution is -1.91. The van der Waals surface area contributed by atoms with E-state index in [-0.39, 0.29) is 0 Å². The predicted octanol–water partition coefficient (Wildman–Crippen LogP) is 3.25. The first-order valence-corrected chi connectivity index (χ1v) is 7.85. The van der Waals surface area contributed by atoms with E-state index in [0.29, 0.717) is 5.75 Å². The number of hydrogen-bond acceptors (Lipinski definition) is 6. The normalized spacial score (nSPS) is 11.0. The Kier molecular flexibility index (Phi) is 5.35. The van der Waals surface area contributed by atoms with Gasteiger partial charge in [-0.05, 0) is 42.2 Å². The average Bonchev–Trinajstić information content (AvgIpc) is 2.88. The third-order valence-corrected chi connectivity index (χ3v) is 4.57. The minimum absolute atomic E-state index is 0.646. The molecule has 1 N–H and O–H groups in total. The first kappa shape index (κ1) is 15.5. The Morgan fingerprint density at radius 3 is 2.95 bits per heavy atom. The van der Waals surface area contributed by atoms with Crippen molar-refractivity contribution >= 4 is 35.3 Å². The zero-order valence-electron chi connectivity index (χ0n) is 11.6. The Balaban J connectivity index is 2.13. The standard InChI is InChI=1S/C14H14N2O3S2/c1-9-15-14(21-16-9)20-8-10-3-5-12(19-2)11(7-10)4-6-13(17)18/h3-7H,8H2,1-2H3,(H,17,18)/b6-4+. The molecular formula is C14H14N2O3S2. The summed E-state index contributed by atoms with van der Waals surface area (Å²) in [6.07, 6.45) is 2.63. The van der Waals surface area contributed by atoms with E-state index in [4.69, 9.17) is 9.84 Å². The number of thioether (sulfide) groups is 1. The molecule has 1 heterocycles. The molecule has 1 aromatic heterocycles. The lowest BCUT2D eigenvalue weighted by atomic mass is 10.1. The highest BCUT2D eigenvalue weighted by molar-refractivity contribution is 8.00. The van der Waals surface area contributed by atoms with Crippen LogP contribution in [-0.4, -0.2) is 27.5 Å². The number of methoxy groups -OCH3 is 1. The fourth-order valence-electron chi connectivity index (χ4n) is 1.65. The topological polar surface area (TPSA) is 72.3 Å². The number of benzene rings is 1. The molecule has 2 rings (SSSR count). The molecule has 0 saturated heterocycles. The van der Waals surface area contributed by atoms with Crippen molar-refractivity contribution in [3.63, 3.8) is 0 Å². The molecule has 0 amide bonds. The van der Waals surface area contributed by atoms with E-state index < -0.39 is 5.97 Å². The van der Waals surface area contributed by atoms with Crippen molar-refractivity contribution in [2.45, 2.75) is 17.0 Å². The Labute approximate surface area is 130 Å². The van der Waals surface area contributed by atoms with Crippen molar-refractivity contribution in [1.29, 1.82) is 0 Å². The zero-order chi connectivity index (χ0) is 15.2. The van der Waals surface area contributed by atoms with Crippen LogP contribution in [0.25, 0.3) is 6.08 Å². The highest BCUT2D eigenvalue weighted by atomic mass is 32.2. The van der Waals surface area contributed by atoms with Gasteiger partial charge in [0.1, 0.15) is 11.6 Å². The van der Waals surface area contributed by atoms with Gasteiger partial charge in [0.25, 0.3) is 0 Å². The van der Waals surface area contributed by atoms with Crippen LogP contribution in [0.15, 0.2) is 28.6 Å². The summed E-state index contributed by atoms with van der Waals surface area (Å²) in [6, 6.07) is 5.71. The van der Waals surface area contributed by atoms with Crippen LogP contribution < -0.4 is 4.74 Å². The molecule has 2 aromatic rings. The van der Waals surface area contributed by atoms with Crippen LogP contribution in [0, 0.1) is 6.92 Å². The number of aromatic nitrogens is 2. The summed E-state index contributed by atoms with van der Waals surface area (Å²) >= 11 is 2.98. The molecule has 0 aliphatic rings. The molecule has 0 aliphatic carbocycles. The third kappa shape index (κ3) is 4.57. The molecule has 0 fully saturated rings. The molecule has 0 unspecified atom stereocenters. The van der Waals surface area contributed by atoms with Gasteiger partial charge in [-0.25, -0.2) is 9.78 Å². The molecular weight excluding hydrogens is 308 g/mol. The fourth-order valence-corrected chi connectivity index (χ4v) is 3.24. The Hall–Kier alpha value is -1.86. The largest absolute Gasteiger partial charge is 0.496 e. The van der Waals surface area contributed by atoms with Gasteiger partial charge in [-0.3, -0.25) is 0 Å². The van der Waals surface area contributed by atoms with E-state index >= 15 is 0 Å². The maximum atomic E-state index is 10.6. The zero-order valence-corrected chi connectivity index (χ0v) is 13.2. The maximum absolute atomic E-state index is 10.6. The maximum Gasteiger partial charge on any atom is 0.328 e. The van der Waals surface area contributed by atoms with Crippen LogP contribution in [-0.2, 0) is 10.5 Å². The van der Waals surface area contributed by atoms with Crippen molar-refractivity contribution in [1.82, 2.24) is 9.36 Å². The number of nitrogens with zero attached hydrogens (tertiary/aromatic N) is 2. The van der Waals surface area contributed by atoms with Gasteiger partial charge in [-0.1, -0.05) is 17.8 Å². The lowest BCUT2D eigenvalue weighted by Gasteiger charge is -2.07. The van der Waals surface area contributed by atoms with E-state index in [2.05, 4.69) is 9.36 Å². The monoisotopic (exact) mass is 322 g/mol. The second kappa shape index (κ2) is 7.24. The predicted molar refractivity (Wildman–Crippen MR) is 83.9 cm³/mol. The van der Waals surface area contributed by atoms with Crippen molar-refractivity contribution in [3.8, 4) is 5.75 Å². The summed E-state index contributed by atoms with van der Waals surface area (Å²) in [7, 11) is 1.56.